The van der Waals surface area contributed by atoms with Crippen LogP contribution in [0.15, 0.2) is 0 Å². The molecule has 0 radical (unpaired) electrons. The number of rotatable bonds is 6. The highest BCUT2D eigenvalue weighted by atomic mass is 16.4. The summed E-state index contributed by atoms with van der Waals surface area (Å²) in [5.74, 6) is 0.649. The molecule has 0 aromatic rings. The average molecular weight is 225 g/mol. The van der Waals surface area contributed by atoms with Crippen LogP contribution in [0, 0.1) is 17.8 Å². The smallest absolute Gasteiger partial charge is 0.306 e. The fourth-order valence-corrected chi connectivity index (χ4v) is 2.78. The first-order valence-electron chi connectivity index (χ1n) is 6.71. The van der Waals surface area contributed by atoms with Crippen LogP contribution in [-0.4, -0.2) is 24.2 Å². The van der Waals surface area contributed by atoms with Crippen LogP contribution in [0.25, 0.3) is 0 Å². The molecule has 2 atom stereocenters. The van der Waals surface area contributed by atoms with Crippen molar-refractivity contribution in [3.63, 3.8) is 0 Å². The molecule has 2 rings (SSSR count). The first-order valence-corrected chi connectivity index (χ1v) is 6.71. The number of nitrogens with one attached hydrogen (secondary N) is 1. The SMILES string of the molecule is O=C(O)C1CCCCC1CNCCC1CC1. The van der Waals surface area contributed by atoms with E-state index in [1.165, 1.54) is 25.7 Å². The van der Waals surface area contributed by atoms with E-state index in [2.05, 4.69) is 5.32 Å². The maximum Gasteiger partial charge on any atom is 0.306 e. The largest absolute Gasteiger partial charge is 0.481 e. The number of carboxylic acids is 1. The van der Waals surface area contributed by atoms with Crippen LogP contribution in [0.4, 0.5) is 0 Å². The summed E-state index contributed by atoms with van der Waals surface area (Å²) >= 11 is 0. The third-order valence-corrected chi connectivity index (χ3v) is 4.06. The molecule has 2 aliphatic rings. The first kappa shape index (κ1) is 11.9. The fraction of sp³-hybridized carbons (Fsp3) is 0.923. The highest BCUT2D eigenvalue weighted by Gasteiger charge is 2.30. The molecular weight excluding hydrogens is 202 g/mol. The molecule has 0 saturated heterocycles. The van der Waals surface area contributed by atoms with Gasteiger partial charge in [0.15, 0.2) is 0 Å². The second-order valence-corrected chi connectivity index (χ2v) is 5.43. The van der Waals surface area contributed by atoms with Gasteiger partial charge in [-0.05, 0) is 44.2 Å². The number of hydrogen-bond donors (Lipinski definition) is 2. The molecule has 0 amide bonds. The summed E-state index contributed by atoms with van der Waals surface area (Å²) in [7, 11) is 0. The van der Waals surface area contributed by atoms with Gasteiger partial charge in [0.25, 0.3) is 0 Å². The Labute approximate surface area is 97.6 Å². The lowest BCUT2D eigenvalue weighted by Gasteiger charge is -2.28. The summed E-state index contributed by atoms with van der Waals surface area (Å²) in [5, 5.41) is 12.6. The van der Waals surface area contributed by atoms with Crippen molar-refractivity contribution >= 4 is 5.97 Å². The molecule has 0 aromatic heterocycles. The fourth-order valence-electron chi connectivity index (χ4n) is 2.78. The average Bonchev–Trinajstić information content (AvgIpc) is 3.08. The van der Waals surface area contributed by atoms with E-state index in [4.69, 9.17) is 5.11 Å². The normalized spacial score (nSPS) is 30.2. The zero-order chi connectivity index (χ0) is 11.4. The summed E-state index contributed by atoms with van der Waals surface area (Å²) in [6, 6.07) is 0. The van der Waals surface area contributed by atoms with Crippen molar-refractivity contribution in [1.29, 1.82) is 0 Å². The standard InChI is InChI=1S/C13H23NO2/c15-13(16)12-4-2-1-3-11(12)9-14-8-7-10-5-6-10/h10-12,14H,1-9H2,(H,15,16). The molecule has 16 heavy (non-hydrogen) atoms. The van der Waals surface area contributed by atoms with Crippen LogP contribution >= 0.6 is 0 Å². The maximum absolute atomic E-state index is 11.1. The highest BCUT2D eigenvalue weighted by Crippen LogP contribution is 2.32. The van der Waals surface area contributed by atoms with Crippen LogP contribution < -0.4 is 5.32 Å². The van der Waals surface area contributed by atoms with E-state index in [1.807, 2.05) is 0 Å². The molecule has 92 valence electrons. The molecule has 0 aromatic carbocycles. The Balaban J connectivity index is 1.66. The molecular formula is C13H23NO2. The summed E-state index contributed by atoms with van der Waals surface area (Å²) in [6.07, 6.45) is 8.36. The molecule has 2 aliphatic carbocycles. The van der Waals surface area contributed by atoms with Crippen molar-refractivity contribution in [2.75, 3.05) is 13.1 Å². The van der Waals surface area contributed by atoms with Gasteiger partial charge in [-0.3, -0.25) is 4.79 Å². The Bertz CT molecular complexity index is 238. The second-order valence-electron chi connectivity index (χ2n) is 5.43. The van der Waals surface area contributed by atoms with Gasteiger partial charge in [0, 0.05) is 0 Å². The molecule has 3 heteroatoms. The molecule has 2 N–H and O–H groups in total. The summed E-state index contributed by atoms with van der Waals surface area (Å²) in [6.45, 7) is 1.98. The molecule has 2 fully saturated rings. The zero-order valence-corrected chi connectivity index (χ0v) is 9.95. The maximum atomic E-state index is 11.1. The van der Waals surface area contributed by atoms with Gasteiger partial charge in [0.1, 0.15) is 0 Å². The van der Waals surface area contributed by atoms with E-state index in [0.29, 0.717) is 5.92 Å². The molecule has 0 aliphatic heterocycles. The lowest BCUT2D eigenvalue weighted by atomic mass is 9.79. The molecule has 2 unspecified atom stereocenters. The summed E-state index contributed by atoms with van der Waals surface area (Å²) in [4.78, 5) is 11.1. The zero-order valence-electron chi connectivity index (χ0n) is 9.95. The summed E-state index contributed by atoms with van der Waals surface area (Å²) < 4.78 is 0. The van der Waals surface area contributed by atoms with Crippen molar-refractivity contribution in [2.24, 2.45) is 17.8 Å². The minimum absolute atomic E-state index is 0.0952. The van der Waals surface area contributed by atoms with Gasteiger partial charge in [-0.25, -0.2) is 0 Å². The monoisotopic (exact) mass is 225 g/mol. The number of hydrogen-bond acceptors (Lipinski definition) is 2. The number of carboxylic acid groups (broad SMARTS) is 1. The Kier molecular flexibility index (Phi) is 4.22. The summed E-state index contributed by atoms with van der Waals surface area (Å²) in [5.41, 5.74) is 0. The Morgan fingerprint density at radius 3 is 2.62 bits per heavy atom. The Hall–Kier alpha value is -0.570. The van der Waals surface area contributed by atoms with Crippen LogP contribution in [0.1, 0.15) is 44.9 Å². The van der Waals surface area contributed by atoms with Crippen LogP contribution in [-0.2, 0) is 4.79 Å². The van der Waals surface area contributed by atoms with E-state index >= 15 is 0 Å². The van der Waals surface area contributed by atoms with Crippen LogP contribution in [0.5, 0.6) is 0 Å². The van der Waals surface area contributed by atoms with E-state index < -0.39 is 5.97 Å². The van der Waals surface area contributed by atoms with E-state index in [9.17, 15) is 4.79 Å². The van der Waals surface area contributed by atoms with Crippen LogP contribution in [0.2, 0.25) is 0 Å². The first-order chi connectivity index (χ1) is 7.77. The van der Waals surface area contributed by atoms with Crippen molar-refractivity contribution < 1.29 is 9.90 Å². The third kappa shape index (κ3) is 3.48. The van der Waals surface area contributed by atoms with Crippen molar-refractivity contribution in [1.82, 2.24) is 5.32 Å². The molecule has 0 spiro atoms. The van der Waals surface area contributed by atoms with Crippen molar-refractivity contribution in [3.8, 4) is 0 Å². The Morgan fingerprint density at radius 1 is 1.19 bits per heavy atom. The number of carbonyl (C=O) groups is 1. The predicted molar refractivity (Wildman–Crippen MR) is 63.3 cm³/mol. The van der Waals surface area contributed by atoms with Gasteiger partial charge < -0.3 is 10.4 Å². The molecule has 2 saturated carbocycles. The topological polar surface area (TPSA) is 49.3 Å². The van der Waals surface area contributed by atoms with Gasteiger partial charge in [-0.15, -0.1) is 0 Å². The lowest BCUT2D eigenvalue weighted by molar-refractivity contribution is -0.144. The van der Waals surface area contributed by atoms with E-state index in [-0.39, 0.29) is 5.92 Å². The van der Waals surface area contributed by atoms with E-state index in [1.54, 1.807) is 0 Å². The van der Waals surface area contributed by atoms with Gasteiger partial charge in [0.2, 0.25) is 0 Å². The quantitative estimate of drug-likeness (QED) is 0.682. The van der Waals surface area contributed by atoms with Gasteiger partial charge in [-0.1, -0.05) is 25.7 Å². The van der Waals surface area contributed by atoms with Gasteiger partial charge >= 0.3 is 5.97 Å². The van der Waals surface area contributed by atoms with Gasteiger partial charge in [0.05, 0.1) is 5.92 Å². The second kappa shape index (κ2) is 5.67. The third-order valence-electron chi connectivity index (χ3n) is 4.06. The molecule has 3 nitrogen and oxygen atoms in total. The lowest BCUT2D eigenvalue weighted by Crippen LogP contribution is -2.35. The molecule has 0 bridgehead atoms. The highest BCUT2D eigenvalue weighted by molar-refractivity contribution is 5.70. The van der Waals surface area contributed by atoms with Gasteiger partial charge in [-0.2, -0.15) is 0 Å². The number of aliphatic carboxylic acids is 1. The van der Waals surface area contributed by atoms with E-state index in [0.717, 1.165) is 38.3 Å². The molecule has 0 heterocycles. The van der Waals surface area contributed by atoms with Crippen molar-refractivity contribution in [2.45, 2.75) is 44.9 Å². The van der Waals surface area contributed by atoms with Crippen molar-refractivity contribution in [3.05, 3.63) is 0 Å². The van der Waals surface area contributed by atoms with Crippen LogP contribution in [0.3, 0.4) is 0 Å². The Morgan fingerprint density at radius 2 is 1.94 bits per heavy atom. The minimum atomic E-state index is -0.589. The predicted octanol–water partition coefficient (Wildman–Crippen LogP) is 2.27. The minimum Gasteiger partial charge on any atom is -0.481 e.